The molecule has 1 aliphatic rings. The van der Waals surface area contributed by atoms with Gasteiger partial charge >= 0.3 is 0 Å². The highest BCUT2D eigenvalue weighted by molar-refractivity contribution is 7.15. The van der Waals surface area contributed by atoms with Crippen LogP contribution in [-0.4, -0.2) is 52.7 Å². The van der Waals surface area contributed by atoms with Gasteiger partial charge in [-0.2, -0.15) is 0 Å². The van der Waals surface area contributed by atoms with E-state index in [9.17, 15) is 4.79 Å². The summed E-state index contributed by atoms with van der Waals surface area (Å²) < 4.78 is 0. The zero-order valence-corrected chi connectivity index (χ0v) is 17.1. The van der Waals surface area contributed by atoms with Crippen LogP contribution in [-0.2, 0) is 17.6 Å². The highest BCUT2D eigenvalue weighted by Gasteiger charge is 2.23. The average molecular weight is 388 g/mol. The number of pyridine rings is 1. The molecular formula is C20H29N5OS. The number of hydrogen-bond acceptors (Lipinski definition) is 6. The lowest BCUT2D eigenvalue weighted by Gasteiger charge is -2.32. The standard InChI is InChI=1S/C20H29N5OS/c1-3-18-22-23-20(27-18)25-13-6-7-16(15-25)9-10-19(26)24(2)14-11-17-8-4-5-12-21-17/h4-5,8,12,16H,3,6-7,9-11,13-15H2,1-2H3/t16-/m1/s1. The largest absolute Gasteiger partial charge is 0.346 e. The van der Waals surface area contributed by atoms with E-state index in [0.29, 0.717) is 12.3 Å². The van der Waals surface area contributed by atoms with Crippen LogP contribution >= 0.6 is 11.3 Å². The molecule has 0 spiro atoms. The molecule has 0 saturated carbocycles. The summed E-state index contributed by atoms with van der Waals surface area (Å²) in [6.45, 7) is 4.87. The summed E-state index contributed by atoms with van der Waals surface area (Å²) in [5.74, 6) is 0.785. The third-order valence-electron chi connectivity index (χ3n) is 5.17. The van der Waals surface area contributed by atoms with E-state index < -0.39 is 0 Å². The molecule has 0 N–H and O–H groups in total. The van der Waals surface area contributed by atoms with Crippen molar-refractivity contribution in [3.05, 3.63) is 35.1 Å². The van der Waals surface area contributed by atoms with E-state index in [2.05, 4.69) is 27.0 Å². The molecule has 3 heterocycles. The number of anilines is 1. The van der Waals surface area contributed by atoms with Gasteiger partial charge in [-0.25, -0.2) is 0 Å². The van der Waals surface area contributed by atoms with Gasteiger partial charge in [0, 0.05) is 51.4 Å². The van der Waals surface area contributed by atoms with E-state index in [-0.39, 0.29) is 5.91 Å². The number of rotatable bonds is 8. The normalized spacial score (nSPS) is 17.1. The first-order chi connectivity index (χ1) is 13.2. The van der Waals surface area contributed by atoms with Gasteiger partial charge in [0.2, 0.25) is 11.0 Å². The lowest BCUT2D eigenvalue weighted by Crippen LogP contribution is -2.36. The molecule has 0 unspecified atom stereocenters. The summed E-state index contributed by atoms with van der Waals surface area (Å²) in [6, 6.07) is 5.91. The van der Waals surface area contributed by atoms with Crippen molar-refractivity contribution in [1.82, 2.24) is 20.1 Å². The van der Waals surface area contributed by atoms with Crippen molar-refractivity contribution in [2.75, 3.05) is 31.6 Å². The Kier molecular flexibility index (Phi) is 7.15. The summed E-state index contributed by atoms with van der Waals surface area (Å²) in [5.41, 5.74) is 1.03. The van der Waals surface area contributed by atoms with Crippen molar-refractivity contribution in [2.45, 2.75) is 45.4 Å². The van der Waals surface area contributed by atoms with Crippen molar-refractivity contribution in [1.29, 1.82) is 0 Å². The molecule has 27 heavy (non-hydrogen) atoms. The number of carbonyl (C=O) groups is 1. The molecule has 0 bridgehead atoms. The number of carbonyl (C=O) groups excluding carboxylic acids is 1. The molecule has 1 atom stereocenters. The zero-order valence-electron chi connectivity index (χ0n) is 16.3. The van der Waals surface area contributed by atoms with Gasteiger partial charge in [-0.1, -0.05) is 24.3 Å². The minimum Gasteiger partial charge on any atom is -0.346 e. The Bertz CT molecular complexity index is 720. The van der Waals surface area contributed by atoms with Gasteiger partial charge in [0.25, 0.3) is 0 Å². The Morgan fingerprint density at radius 1 is 1.37 bits per heavy atom. The van der Waals surface area contributed by atoms with E-state index >= 15 is 0 Å². The van der Waals surface area contributed by atoms with Crippen LogP contribution in [0.25, 0.3) is 0 Å². The van der Waals surface area contributed by atoms with E-state index in [0.717, 1.165) is 61.2 Å². The van der Waals surface area contributed by atoms with Crippen LogP contribution in [0.4, 0.5) is 5.13 Å². The predicted molar refractivity (Wildman–Crippen MR) is 109 cm³/mol. The van der Waals surface area contributed by atoms with Crippen LogP contribution in [0.3, 0.4) is 0 Å². The summed E-state index contributed by atoms with van der Waals surface area (Å²) in [5, 5.41) is 10.7. The summed E-state index contributed by atoms with van der Waals surface area (Å²) in [6.07, 6.45) is 7.46. The molecule has 1 aliphatic heterocycles. The van der Waals surface area contributed by atoms with Gasteiger partial charge in [0.1, 0.15) is 5.01 Å². The average Bonchev–Trinajstić information content (AvgIpc) is 3.20. The first-order valence-corrected chi connectivity index (χ1v) is 10.7. The molecule has 2 aromatic rings. The molecule has 1 amide bonds. The fourth-order valence-corrected chi connectivity index (χ4v) is 4.27. The number of hydrogen-bond donors (Lipinski definition) is 0. The van der Waals surface area contributed by atoms with Crippen LogP contribution in [0, 0.1) is 5.92 Å². The minimum atomic E-state index is 0.229. The minimum absolute atomic E-state index is 0.229. The Labute approximate surface area is 165 Å². The maximum absolute atomic E-state index is 12.5. The molecular weight excluding hydrogens is 358 g/mol. The number of nitrogens with zero attached hydrogens (tertiary/aromatic N) is 5. The summed E-state index contributed by atoms with van der Waals surface area (Å²) >= 11 is 1.70. The number of amides is 1. The molecule has 2 aromatic heterocycles. The van der Waals surface area contributed by atoms with Gasteiger partial charge in [0.05, 0.1) is 0 Å². The van der Waals surface area contributed by atoms with Crippen molar-refractivity contribution < 1.29 is 4.79 Å². The highest BCUT2D eigenvalue weighted by Crippen LogP contribution is 2.28. The zero-order chi connectivity index (χ0) is 19.1. The number of piperidine rings is 1. The SMILES string of the molecule is CCc1nnc(N2CCC[C@H](CCC(=O)N(C)CCc3ccccn3)C2)s1. The molecule has 3 rings (SSSR count). The molecule has 0 radical (unpaired) electrons. The lowest BCUT2D eigenvalue weighted by atomic mass is 9.93. The van der Waals surface area contributed by atoms with Crippen molar-refractivity contribution >= 4 is 22.4 Å². The molecule has 6 nitrogen and oxygen atoms in total. The molecule has 0 aliphatic carbocycles. The Balaban J connectivity index is 1.42. The van der Waals surface area contributed by atoms with E-state index in [1.807, 2.05) is 30.1 Å². The highest BCUT2D eigenvalue weighted by atomic mass is 32.1. The summed E-state index contributed by atoms with van der Waals surface area (Å²) in [4.78, 5) is 21.0. The number of aromatic nitrogens is 3. The first-order valence-electron chi connectivity index (χ1n) is 9.87. The predicted octanol–water partition coefficient (Wildman–Crippen LogP) is 3.19. The fraction of sp³-hybridized carbons (Fsp3) is 0.600. The number of likely N-dealkylation sites (N-methyl/N-ethyl adjacent to an activating group) is 1. The molecule has 0 aromatic carbocycles. The third-order valence-corrected chi connectivity index (χ3v) is 6.30. The monoisotopic (exact) mass is 387 g/mol. The lowest BCUT2D eigenvalue weighted by molar-refractivity contribution is -0.130. The molecule has 146 valence electrons. The van der Waals surface area contributed by atoms with E-state index in [1.54, 1.807) is 17.5 Å². The number of aryl methyl sites for hydroxylation is 1. The van der Waals surface area contributed by atoms with Gasteiger partial charge in [0.15, 0.2) is 0 Å². The Hall–Kier alpha value is -2.02. The van der Waals surface area contributed by atoms with Crippen molar-refractivity contribution in [3.8, 4) is 0 Å². The van der Waals surface area contributed by atoms with Crippen molar-refractivity contribution in [3.63, 3.8) is 0 Å². The Morgan fingerprint density at radius 3 is 3.00 bits per heavy atom. The maximum atomic E-state index is 12.5. The first kappa shape index (κ1) is 19.7. The summed E-state index contributed by atoms with van der Waals surface area (Å²) in [7, 11) is 1.89. The van der Waals surface area contributed by atoms with Gasteiger partial charge in [-0.15, -0.1) is 10.2 Å². The quantitative estimate of drug-likeness (QED) is 0.696. The topological polar surface area (TPSA) is 62.2 Å². The maximum Gasteiger partial charge on any atom is 0.222 e. The third kappa shape index (κ3) is 5.73. The van der Waals surface area contributed by atoms with Crippen LogP contribution in [0.5, 0.6) is 0 Å². The second-order valence-corrected chi connectivity index (χ2v) is 8.25. The van der Waals surface area contributed by atoms with Crippen LogP contribution in [0.2, 0.25) is 0 Å². The van der Waals surface area contributed by atoms with Crippen LogP contribution in [0.15, 0.2) is 24.4 Å². The van der Waals surface area contributed by atoms with Gasteiger partial charge in [-0.05, 0) is 43.7 Å². The van der Waals surface area contributed by atoms with Gasteiger partial charge < -0.3 is 9.80 Å². The Morgan fingerprint density at radius 2 is 2.26 bits per heavy atom. The smallest absolute Gasteiger partial charge is 0.222 e. The van der Waals surface area contributed by atoms with Crippen LogP contribution in [0.1, 0.15) is 43.3 Å². The molecule has 7 heteroatoms. The fourth-order valence-electron chi connectivity index (χ4n) is 3.46. The second-order valence-electron chi connectivity index (χ2n) is 7.21. The molecule has 1 saturated heterocycles. The molecule has 1 fully saturated rings. The van der Waals surface area contributed by atoms with Crippen LogP contribution < -0.4 is 4.90 Å². The van der Waals surface area contributed by atoms with E-state index in [1.165, 1.54) is 6.42 Å². The van der Waals surface area contributed by atoms with Gasteiger partial charge in [-0.3, -0.25) is 9.78 Å². The van der Waals surface area contributed by atoms with Crippen molar-refractivity contribution in [2.24, 2.45) is 5.92 Å². The van der Waals surface area contributed by atoms with E-state index in [4.69, 9.17) is 0 Å². The second kappa shape index (κ2) is 9.78.